The van der Waals surface area contributed by atoms with Gasteiger partial charge in [-0.25, -0.2) is 0 Å². The minimum atomic E-state index is 0.0304. The maximum atomic E-state index is 8.95. The Morgan fingerprint density at radius 3 is 2.73 bits per heavy atom. The van der Waals surface area contributed by atoms with Crippen LogP contribution >= 0.6 is 0 Å². The van der Waals surface area contributed by atoms with Gasteiger partial charge in [-0.05, 0) is 23.8 Å². The smallest absolute Gasteiger partial charge is 0.174 e. The molecule has 0 atom stereocenters. The topological polar surface area (TPSA) is 47.2 Å². The van der Waals surface area contributed by atoms with Gasteiger partial charge in [0.15, 0.2) is 6.61 Å². The fourth-order valence-electron chi connectivity index (χ4n) is 3.90. The van der Waals surface area contributed by atoms with Crippen LogP contribution in [0.1, 0.15) is 0 Å². The number of hydrogen-bond donors (Lipinski definition) is 0. The van der Waals surface area contributed by atoms with E-state index in [2.05, 4.69) is 47.0 Å². The Kier molecular flexibility index (Phi) is 3.32. The Hall–Kier alpha value is -3.45. The lowest BCUT2D eigenvalue weighted by atomic mass is 10.0. The zero-order valence-corrected chi connectivity index (χ0v) is 14.1. The molecule has 4 aromatic rings. The summed E-state index contributed by atoms with van der Waals surface area (Å²) in [5, 5.41) is 11.1. The molecule has 0 amide bonds. The number of rotatable bonds is 3. The van der Waals surface area contributed by atoms with E-state index >= 15 is 0 Å². The summed E-state index contributed by atoms with van der Waals surface area (Å²) < 4.78 is 14.0. The third-order valence-corrected chi connectivity index (χ3v) is 4.90. The predicted molar refractivity (Wildman–Crippen MR) is 101 cm³/mol. The zero-order chi connectivity index (χ0) is 17.5. The second-order valence-corrected chi connectivity index (χ2v) is 6.30. The van der Waals surface area contributed by atoms with Crippen molar-refractivity contribution in [2.45, 2.75) is 6.54 Å². The summed E-state index contributed by atoms with van der Waals surface area (Å²) in [5.74, 6) is 1.64. The number of fused-ring (bicyclic) bond motifs is 3. The molecule has 0 saturated carbocycles. The molecule has 0 aliphatic carbocycles. The van der Waals surface area contributed by atoms with E-state index in [0.29, 0.717) is 6.61 Å². The average Bonchev–Trinajstić information content (AvgIpc) is 3.04. The van der Waals surface area contributed by atoms with Crippen molar-refractivity contribution in [1.82, 2.24) is 4.57 Å². The molecule has 3 aromatic carbocycles. The van der Waals surface area contributed by atoms with Gasteiger partial charge in [0.1, 0.15) is 24.2 Å². The monoisotopic (exact) mass is 340 g/mol. The Bertz CT molecular complexity index is 1170. The van der Waals surface area contributed by atoms with Crippen LogP contribution in [0.5, 0.6) is 11.5 Å². The van der Waals surface area contributed by atoms with Gasteiger partial charge in [0.2, 0.25) is 0 Å². The molecule has 0 unspecified atom stereocenters. The summed E-state index contributed by atoms with van der Waals surface area (Å²) >= 11 is 0. The van der Waals surface area contributed by atoms with Gasteiger partial charge in [-0.15, -0.1) is 0 Å². The van der Waals surface area contributed by atoms with Gasteiger partial charge in [0.05, 0.1) is 23.0 Å². The van der Waals surface area contributed by atoms with Crippen LogP contribution in [0.2, 0.25) is 0 Å². The summed E-state index contributed by atoms with van der Waals surface area (Å²) in [4.78, 5) is 0. The molecule has 26 heavy (non-hydrogen) atoms. The van der Waals surface area contributed by atoms with Crippen LogP contribution in [0.25, 0.3) is 32.9 Å². The highest BCUT2D eigenvalue weighted by molar-refractivity contribution is 6.17. The number of nitrogens with zero attached hydrogens (tertiary/aromatic N) is 2. The third kappa shape index (κ3) is 2.07. The van der Waals surface area contributed by atoms with E-state index < -0.39 is 0 Å². The number of ether oxygens (including phenoxy) is 2. The van der Waals surface area contributed by atoms with Crippen molar-refractivity contribution in [3.8, 4) is 28.7 Å². The number of aromatic nitrogens is 1. The van der Waals surface area contributed by atoms with Crippen molar-refractivity contribution in [1.29, 1.82) is 5.26 Å². The Morgan fingerprint density at radius 2 is 1.88 bits per heavy atom. The maximum absolute atomic E-state index is 8.95. The first-order valence-electron chi connectivity index (χ1n) is 8.64. The highest BCUT2D eigenvalue weighted by Gasteiger charge is 2.23. The first kappa shape index (κ1) is 14.9. The largest absolute Gasteiger partial charge is 0.490 e. The summed E-state index contributed by atoms with van der Waals surface area (Å²) in [7, 11) is 0. The molecule has 0 spiro atoms. The molecule has 4 nitrogen and oxygen atoms in total. The van der Waals surface area contributed by atoms with Gasteiger partial charge in [0.25, 0.3) is 0 Å². The number of nitriles is 1. The fraction of sp³-hybridized carbons (Fsp3) is 0.136. The second kappa shape index (κ2) is 5.82. The Morgan fingerprint density at radius 1 is 1.00 bits per heavy atom. The fourth-order valence-corrected chi connectivity index (χ4v) is 3.90. The van der Waals surface area contributed by atoms with Crippen LogP contribution in [0.3, 0.4) is 0 Å². The van der Waals surface area contributed by atoms with E-state index in [0.717, 1.165) is 51.0 Å². The quantitative estimate of drug-likeness (QED) is 0.540. The number of hydrogen-bond acceptors (Lipinski definition) is 3. The van der Waals surface area contributed by atoms with E-state index in [-0.39, 0.29) is 6.61 Å². The van der Waals surface area contributed by atoms with Crippen molar-refractivity contribution in [3.63, 3.8) is 0 Å². The lowest BCUT2D eigenvalue weighted by molar-refractivity contribution is 0.289. The van der Waals surface area contributed by atoms with E-state index in [1.807, 2.05) is 24.3 Å². The van der Waals surface area contributed by atoms with Gasteiger partial charge in [0, 0.05) is 10.9 Å². The molecule has 1 aliphatic heterocycles. The Labute approximate surface area is 150 Å². The predicted octanol–water partition coefficient (Wildman–Crippen LogP) is 4.76. The van der Waals surface area contributed by atoms with Crippen LogP contribution in [-0.2, 0) is 6.54 Å². The standard InChI is InChI=1S/C22H16N2O2/c23-11-13-25-18-10-9-16(15-5-2-1-3-6-15)22-20(18)17-7-4-8-19-21(17)24(22)12-14-26-19/h1-10H,12-14H2. The minimum Gasteiger partial charge on any atom is -0.490 e. The first-order chi connectivity index (χ1) is 12.9. The number of benzene rings is 3. The van der Waals surface area contributed by atoms with Crippen molar-refractivity contribution >= 4 is 21.8 Å². The van der Waals surface area contributed by atoms with Crippen molar-refractivity contribution in [2.24, 2.45) is 0 Å². The maximum Gasteiger partial charge on any atom is 0.174 e. The molecular formula is C22H16N2O2. The molecule has 0 fully saturated rings. The minimum absolute atomic E-state index is 0.0304. The first-order valence-corrected chi connectivity index (χ1v) is 8.64. The molecule has 4 heteroatoms. The molecule has 2 heterocycles. The average molecular weight is 340 g/mol. The Balaban J connectivity index is 1.94. The molecule has 5 rings (SSSR count). The van der Waals surface area contributed by atoms with Crippen molar-refractivity contribution in [3.05, 3.63) is 60.7 Å². The summed E-state index contributed by atoms with van der Waals surface area (Å²) in [6.45, 7) is 1.47. The third-order valence-electron chi connectivity index (χ3n) is 4.90. The van der Waals surface area contributed by atoms with Crippen LogP contribution < -0.4 is 9.47 Å². The van der Waals surface area contributed by atoms with E-state index in [1.54, 1.807) is 0 Å². The van der Waals surface area contributed by atoms with Gasteiger partial charge in [-0.1, -0.05) is 42.5 Å². The normalized spacial score (nSPS) is 12.7. The van der Waals surface area contributed by atoms with Gasteiger partial charge in [-0.3, -0.25) is 0 Å². The van der Waals surface area contributed by atoms with Gasteiger partial charge >= 0.3 is 0 Å². The summed E-state index contributed by atoms with van der Waals surface area (Å²) in [5.41, 5.74) is 4.56. The molecule has 126 valence electrons. The molecule has 0 N–H and O–H groups in total. The van der Waals surface area contributed by atoms with E-state index in [9.17, 15) is 0 Å². The molecule has 1 aromatic heterocycles. The number of para-hydroxylation sites is 1. The highest BCUT2D eigenvalue weighted by Crippen LogP contribution is 2.44. The SMILES string of the molecule is N#CCOc1ccc(-c2ccccc2)c2c1c1cccc3c1n2CCO3. The molecule has 1 aliphatic rings. The molecule has 0 bridgehead atoms. The van der Waals surface area contributed by atoms with Crippen LogP contribution in [0, 0.1) is 11.3 Å². The highest BCUT2D eigenvalue weighted by atomic mass is 16.5. The zero-order valence-electron chi connectivity index (χ0n) is 14.1. The van der Waals surface area contributed by atoms with Crippen LogP contribution in [0.4, 0.5) is 0 Å². The van der Waals surface area contributed by atoms with Crippen LogP contribution in [0.15, 0.2) is 60.7 Å². The summed E-state index contributed by atoms with van der Waals surface area (Å²) in [6, 6.07) is 22.6. The summed E-state index contributed by atoms with van der Waals surface area (Å²) in [6.07, 6.45) is 0. The molecular weight excluding hydrogens is 324 g/mol. The van der Waals surface area contributed by atoms with Crippen molar-refractivity contribution in [2.75, 3.05) is 13.2 Å². The second-order valence-electron chi connectivity index (χ2n) is 6.30. The lowest BCUT2D eigenvalue weighted by Gasteiger charge is -2.18. The van der Waals surface area contributed by atoms with E-state index in [4.69, 9.17) is 14.7 Å². The van der Waals surface area contributed by atoms with Crippen molar-refractivity contribution < 1.29 is 9.47 Å². The van der Waals surface area contributed by atoms with Gasteiger partial charge in [-0.2, -0.15) is 5.26 Å². The van der Waals surface area contributed by atoms with Gasteiger partial charge < -0.3 is 14.0 Å². The lowest BCUT2D eigenvalue weighted by Crippen LogP contribution is -2.14. The molecule has 0 saturated heterocycles. The van der Waals surface area contributed by atoms with E-state index in [1.165, 1.54) is 0 Å². The molecule has 0 radical (unpaired) electrons. The van der Waals surface area contributed by atoms with Crippen LogP contribution in [-0.4, -0.2) is 17.8 Å².